The Labute approximate surface area is 120 Å². The molecule has 3 aromatic carbocycles. The van der Waals surface area contributed by atoms with E-state index in [4.69, 9.17) is 0 Å². The Morgan fingerprint density at radius 2 is 1.50 bits per heavy atom. The van der Waals surface area contributed by atoms with Crippen molar-refractivity contribution in [2.45, 2.75) is 20.0 Å². The molecule has 0 aliphatic carbocycles. The van der Waals surface area contributed by atoms with Gasteiger partial charge in [-0.1, -0.05) is 72.3 Å². The fourth-order valence-corrected chi connectivity index (χ4v) is 2.49. The first-order chi connectivity index (χ1) is 9.83. The third-order valence-corrected chi connectivity index (χ3v) is 3.65. The van der Waals surface area contributed by atoms with E-state index in [0.717, 1.165) is 13.1 Å². The Hall–Kier alpha value is -2.12. The molecule has 0 spiro atoms. The fraction of sp³-hybridized carbons (Fsp3) is 0.158. The number of hydrogen-bond acceptors (Lipinski definition) is 1. The largest absolute Gasteiger partial charge is 0.309 e. The number of aryl methyl sites for hydroxylation is 1. The van der Waals surface area contributed by atoms with E-state index in [1.54, 1.807) is 0 Å². The zero-order valence-corrected chi connectivity index (χ0v) is 11.8. The summed E-state index contributed by atoms with van der Waals surface area (Å²) in [5.41, 5.74) is 3.99. The molecule has 0 amide bonds. The summed E-state index contributed by atoms with van der Waals surface area (Å²) in [6, 6.07) is 23.7. The van der Waals surface area contributed by atoms with Gasteiger partial charge in [-0.25, -0.2) is 0 Å². The van der Waals surface area contributed by atoms with E-state index in [-0.39, 0.29) is 0 Å². The highest BCUT2D eigenvalue weighted by molar-refractivity contribution is 5.85. The van der Waals surface area contributed by atoms with Crippen molar-refractivity contribution in [3.05, 3.63) is 83.4 Å². The molecule has 0 saturated carbocycles. The highest BCUT2D eigenvalue weighted by Gasteiger charge is 2.00. The van der Waals surface area contributed by atoms with Crippen LogP contribution in [0.1, 0.15) is 16.7 Å². The van der Waals surface area contributed by atoms with E-state index in [2.05, 4.69) is 79.0 Å². The number of benzene rings is 3. The van der Waals surface area contributed by atoms with Crippen LogP contribution in [0.15, 0.2) is 66.7 Å². The average molecular weight is 261 g/mol. The summed E-state index contributed by atoms with van der Waals surface area (Å²) in [6.45, 7) is 3.92. The van der Waals surface area contributed by atoms with Gasteiger partial charge in [0.25, 0.3) is 0 Å². The molecular weight excluding hydrogens is 242 g/mol. The van der Waals surface area contributed by atoms with E-state index >= 15 is 0 Å². The fourth-order valence-electron chi connectivity index (χ4n) is 2.49. The van der Waals surface area contributed by atoms with Crippen LogP contribution in [-0.2, 0) is 13.1 Å². The minimum absolute atomic E-state index is 0.898. The normalized spacial score (nSPS) is 10.8. The van der Waals surface area contributed by atoms with Crippen LogP contribution in [0.4, 0.5) is 0 Å². The van der Waals surface area contributed by atoms with Gasteiger partial charge in [0.1, 0.15) is 0 Å². The van der Waals surface area contributed by atoms with Crippen molar-refractivity contribution >= 4 is 10.8 Å². The second-order valence-corrected chi connectivity index (χ2v) is 5.23. The monoisotopic (exact) mass is 261 g/mol. The first-order valence-corrected chi connectivity index (χ1v) is 7.06. The van der Waals surface area contributed by atoms with Gasteiger partial charge in [0.2, 0.25) is 0 Å². The molecule has 3 rings (SSSR count). The van der Waals surface area contributed by atoms with Gasteiger partial charge in [0.15, 0.2) is 0 Å². The van der Waals surface area contributed by atoms with Crippen LogP contribution in [0.2, 0.25) is 0 Å². The average Bonchev–Trinajstić information content (AvgIpc) is 2.49. The molecule has 0 heterocycles. The number of hydrogen-bond donors (Lipinski definition) is 1. The molecule has 0 fully saturated rings. The van der Waals surface area contributed by atoms with E-state index < -0.39 is 0 Å². The first-order valence-electron chi connectivity index (χ1n) is 7.06. The highest BCUT2D eigenvalue weighted by atomic mass is 14.8. The van der Waals surface area contributed by atoms with Crippen molar-refractivity contribution in [3.8, 4) is 0 Å². The predicted molar refractivity (Wildman–Crippen MR) is 85.7 cm³/mol. The number of nitrogens with one attached hydrogen (secondary N) is 1. The Balaban J connectivity index is 1.69. The SMILES string of the molecule is Cc1ccc(CNCc2cccc3ccccc23)cc1. The van der Waals surface area contributed by atoms with Crippen LogP contribution in [-0.4, -0.2) is 0 Å². The molecule has 1 nitrogen and oxygen atoms in total. The topological polar surface area (TPSA) is 12.0 Å². The zero-order valence-electron chi connectivity index (χ0n) is 11.8. The van der Waals surface area contributed by atoms with Crippen LogP contribution in [0, 0.1) is 6.92 Å². The van der Waals surface area contributed by atoms with Gasteiger partial charge in [0.05, 0.1) is 0 Å². The zero-order chi connectivity index (χ0) is 13.8. The Bertz CT molecular complexity index is 693. The molecular formula is C19H19N. The smallest absolute Gasteiger partial charge is 0.0214 e. The maximum Gasteiger partial charge on any atom is 0.0214 e. The molecule has 0 radical (unpaired) electrons. The van der Waals surface area contributed by atoms with Crippen LogP contribution >= 0.6 is 0 Å². The Morgan fingerprint density at radius 3 is 2.35 bits per heavy atom. The molecule has 0 bridgehead atoms. The molecule has 0 aliphatic heterocycles. The maximum atomic E-state index is 3.53. The predicted octanol–water partition coefficient (Wildman–Crippen LogP) is 4.44. The minimum atomic E-state index is 0.898. The summed E-state index contributed by atoms with van der Waals surface area (Å²) in [5.74, 6) is 0. The quantitative estimate of drug-likeness (QED) is 0.732. The Kier molecular flexibility index (Phi) is 3.80. The van der Waals surface area contributed by atoms with Crippen LogP contribution < -0.4 is 5.32 Å². The van der Waals surface area contributed by atoms with Gasteiger partial charge in [-0.2, -0.15) is 0 Å². The summed E-state index contributed by atoms with van der Waals surface area (Å²) < 4.78 is 0. The second kappa shape index (κ2) is 5.89. The van der Waals surface area contributed by atoms with Crippen molar-refractivity contribution in [2.24, 2.45) is 0 Å². The van der Waals surface area contributed by atoms with Crippen LogP contribution in [0.25, 0.3) is 10.8 Å². The molecule has 0 aliphatic rings. The van der Waals surface area contributed by atoms with Crippen molar-refractivity contribution in [1.29, 1.82) is 0 Å². The van der Waals surface area contributed by atoms with E-state index in [9.17, 15) is 0 Å². The molecule has 20 heavy (non-hydrogen) atoms. The lowest BCUT2D eigenvalue weighted by molar-refractivity contribution is 0.696. The molecule has 1 N–H and O–H groups in total. The molecule has 100 valence electrons. The summed E-state index contributed by atoms with van der Waals surface area (Å²) in [7, 11) is 0. The molecule has 0 unspecified atom stereocenters. The standard InChI is InChI=1S/C19H19N/c1-15-9-11-16(12-10-15)13-20-14-18-7-4-6-17-5-2-3-8-19(17)18/h2-12,20H,13-14H2,1H3. The summed E-state index contributed by atoms with van der Waals surface area (Å²) in [4.78, 5) is 0. The maximum absolute atomic E-state index is 3.53. The van der Waals surface area contributed by atoms with Gasteiger partial charge >= 0.3 is 0 Å². The molecule has 1 heteroatoms. The third-order valence-electron chi connectivity index (χ3n) is 3.65. The molecule has 3 aromatic rings. The van der Waals surface area contributed by atoms with Crippen molar-refractivity contribution in [2.75, 3.05) is 0 Å². The lowest BCUT2D eigenvalue weighted by Gasteiger charge is -2.08. The lowest BCUT2D eigenvalue weighted by Crippen LogP contribution is -2.12. The van der Waals surface area contributed by atoms with E-state index in [1.165, 1.54) is 27.5 Å². The second-order valence-electron chi connectivity index (χ2n) is 5.23. The lowest BCUT2D eigenvalue weighted by atomic mass is 10.0. The molecule has 0 atom stereocenters. The first kappa shape index (κ1) is 12.9. The van der Waals surface area contributed by atoms with Crippen molar-refractivity contribution in [3.63, 3.8) is 0 Å². The number of rotatable bonds is 4. The van der Waals surface area contributed by atoms with E-state index in [1.807, 2.05) is 0 Å². The molecule has 0 aromatic heterocycles. The van der Waals surface area contributed by atoms with E-state index in [0.29, 0.717) is 0 Å². The van der Waals surface area contributed by atoms with Gasteiger partial charge < -0.3 is 5.32 Å². The summed E-state index contributed by atoms with van der Waals surface area (Å²) >= 11 is 0. The summed E-state index contributed by atoms with van der Waals surface area (Å²) in [6.07, 6.45) is 0. The van der Waals surface area contributed by atoms with Gasteiger partial charge in [-0.15, -0.1) is 0 Å². The number of fused-ring (bicyclic) bond motifs is 1. The van der Waals surface area contributed by atoms with Crippen molar-refractivity contribution < 1.29 is 0 Å². The van der Waals surface area contributed by atoms with Gasteiger partial charge in [-0.05, 0) is 28.8 Å². The van der Waals surface area contributed by atoms with Gasteiger partial charge in [0, 0.05) is 13.1 Å². The third kappa shape index (κ3) is 2.89. The Morgan fingerprint density at radius 1 is 0.750 bits per heavy atom. The minimum Gasteiger partial charge on any atom is -0.309 e. The van der Waals surface area contributed by atoms with Crippen LogP contribution in [0.5, 0.6) is 0 Å². The van der Waals surface area contributed by atoms with Gasteiger partial charge in [-0.3, -0.25) is 0 Å². The van der Waals surface area contributed by atoms with Crippen molar-refractivity contribution in [1.82, 2.24) is 5.32 Å². The highest BCUT2D eigenvalue weighted by Crippen LogP contribution is 2.18. The summed E-state index contributed by atoms with van der Waals surface area (Å²) in [5, 5.41) is 6.18. The van der Waals surface area contributed by atoms with Crippen LogP contribution in [0.3, 0.4) is 0 Å². The molecule has 0 saturated heterocycles.